The zero-order valence-electron chi connectivity index (χ0n) is 7.14. The van der Waals surface area contributed by atoms with Crippen LogP contribution in [-0.4, -0.2) is 21.0 Å². The van der Waals surface area contributed by atoms with E-state index in [1.165, 1.54) is 6.20 Å². The summed E-state index contributed by atoms with van der Waals surface area (Å²) in [7, 11) is 0. The van der Waals surface area contributed by atoms with Crippen LogP contribution in [0.1, 0.15) is 10.5 Å². The first-order valence-electron chi connectivity index (χ1n) is 3.63. The van der Waals surface area contributed by atoms with Gasteiger partial charge in [-0.25, -0.2) is 4.79 Å². The van der Waals surface area contributed by atoms with E-state index in [9.17, 15) is 4.79 Å². The topological polar surface area (TPSA) is 63.1 Å². The SMILES string of the molecule is O=C(O)c1cnc2cc[c-]cc2n1.[Y]. The van der Waals surface area contributed by atoms with Gasteiger partial charge in [0.2, 0.25) is 0 Å². The number of carboxylic acid groups (broad SMARTS) is 1. The number of hydrogen-bond acceptors (Lipinski definition) is 3. The smallest absolute Gasteiger partial charge is 0.354 e. The summed E-state index contributed by atoms with van der Waals surface area (Å²) < 4.78 is 0. The predicted octanol–water partition coefficient (Wildman–Crippen LogP) is 1.13. The third kappa shape index (κ3) is 2.14. The molecule has 0 saturated carbocycles. The third-order valence-electron chi connectivity index (χ3n) is 1.61. The molecule has 1 aromatic carbocycles. The summed E-state index contributed by atoms with van der Waals surface area (Å²) in [5.74, 6) is -1.07. The summed E-state index contributed by atoms with van der Waals surface area (Å²) in [5, 5.41) is 8.63. The Bertz CT molecular complexity index is 473. The van der Waals surface area contributed by atoms with Gasteiger partial charge < -0.3 is 10.1 Å². The van der Waals surface area contributed by atoms with Crippen molar-refractivity contribution in [2.75, 3.05) is 0 Å². The number of nitrogens with zero attached hydrogens (tertiary/aromatic N) is 2. The standard InChI is InChI=1S/C9H5N2O2.Y/c12-9(13)8-5-10-6-3-1-2-4-7(6)11-8;/h1,3-5H,(H,12,13);/q-1;. The van der Waals surface area contributed by atoms with Crippen molar-refractivity contribution in [1.82, 2.24) is 9.97 Å². The van der Waals surface area contributed by atoms with Crippen molar-refractivity contribution in [1.29, 1.82) is 0 Å². The van der Waals surface area contributed by atoms with E-state index in [4.69, 9.17) is 5.11 Å². The van der Waals surface area contributed by atoms with E-state index in [0.717, 1.165) is 0 Å². The molecular weight excluding hydrogens is 257 g/mol. The molecule has 1 heterocycles. The van der Waals surface area contributed by atoms with Crippen molar-refractivity contribution in [2.24, 2.45) is 0 Å². The van der Waals surface area contributed by atoms with Crippen LogP contribution in [0.5, 0.6) is 0 Å². The molecule has 2 aromatic rings. The molecule has 0 atom stereocenters. The van der Waals surface area contributed by atoms with Gasteiger partial charge in [0.1, 0.15) is 0 Å². The van der Waals surface area contributed by atoms with Gasteiger partial charge in [0, 0.05) is 32.7 Å². The molecule has 0 saturated heterocycles. The van der Waals surface area contributed by atoms with Gasteiger partial charge in [-0.2, -0.15) is 12.1 Å². The molecule has 0 amide bonds. The molecule has 0 fully saturated rings. The Hall–Kier alpha value is -0.866. The van der Waals surface area contributed by atoms with Gasteiger partial charge in [-0.3, -0.25) is 4.98 Å². The van der Waals surface area contributed by atoms with E-state index in [0.29, 0.717) is 11.0 Å². The second kappa shape index (κ2) is 4.57. The summed E-state index contributed by atoms with van der Waals surface area (Å²) in [6.45, 7) is 0. The van der Waals surface area contributed by atoms with E-state index in [2.05, 4.69) is 16.0 Å². The molecule has 67 valence electrons. The fraction of sp³-hybridized carbons (Fsp3) is 0. The second-order valence-electron chi connectivity index (χ2n) is 2.48. The van der Waals surface area contributed by atoms with Crippen LogP contribution in [-0.2, 0) is 32.7 Å². The number of benzene rings is 1. The second-order valence-corrected chi connectivity index (χ2v) is 2.48. The van der Waals surface area contributed by atoms with Crippen LogP contribution in [0.25, 0.3) is 11.0 Å². The van der Waals surface area contributed by atoms with Crippen LogP contribution in [0.15, 0.2) is 24.4 Å². The number of fused-ring (bicyclic) bond motifs is 1. The van der Waals surface area contributed by atoms with E-state index in [-0.39, 0.29) is 38.4 Å². The van der Waals surface area contributed by atoms with E-state index >= 15 is 0 Å². The number of hydrogen-bond donors (Lipinski definition) is 1. The third-order valence-corrected chi connectivity index (χ3v) is 1.61. The molecule has 0 aliphatic heterocycles. The molecule has 1 N–H and O–H groups in total. The zero-order chi connectivity index (χ0) is 9.26. The number of carboxylic acids is 1. The van der Waals surface area contributed by atoms with E-state index in [1.54, 1.807) is 18.2 Å². The van der Waals surface area contributed by atoms with Crippen LogP contribution in [0, 0.1) is 6.07 Å². The molecule has 1 radical (unpaired) electrons. The maximum atomic E-state index is 10.5. The first-order chi connectivity index (χ1) is 6.27. The molecule has 0 aliphatic rings. The Morgan fingerprint density at radius 3 is 2.93 bits per heavy atom. The minimum absolute atomic E-state index is 0. The van der Waals surface area contributed by atoms with Crippen LogP contribution < -0.4 is 0 Å². The van der Waals surface area contributed by atoms with Gasteiger partial charge in [0.25, 0.3) is 0 Å². The number of aromatic nitrogens is 2. The Morgan fingerprint density at radius 2 is 2.21 bits per heavy atom. The Balaban J connectivity index is 0.000000980. The maximum absolute atomic E-state index is 10.5. The van der Waals surface area contributed by atoms with Gasteiger partial charge in [0.15, 0.2) is 5.69 Å². The fourth-order valence-electron chi connectivity index (χ4n) is 1.00. The van der Waals surface area contributed by atoms with Crippen molar-refractivity contribution in [2.45, 2.75) is 0 Å². The fourth-order valence-corrected chi connectivity index (χ4v) is 1.00. The minimum Gasteiger partial charge on any atom is -0.477 e. The summed E-state index contributed by atoms with van der Waals surface area (Å²) in [4.78, 5) is 18.4. The Labute approximate surface area is 105 Å². The molecular formula is C9H5N2O2Y-. The van der Waals surface area contributed by atoms with Crippen molar-refractivity contribution < 1.29 is 42.6 Å². The van der Waals surface area contributed by atoms with Crippen molar-refractivity contribution in [3.63, 3.8) is 0 Å². The van der Waals surface area contributed by atoms with Gasteiger partial charge in [0.05, 0.1) is 6.20 Å². The molecule has 0 aliphatic carbocycles. The summed E-state index contributed by atoms with van der Waals surface area (Å²) >= 11 is 0. The normalized spacial score (nSPS) is 9.43. The van der Waals surface area contributed by atoms with Crippen molar-refractivity contribution in [3.05, 3.63) is 36.2 Å². The van der Waals surface area contributed by atoms with Gasteiger partial charge >= 0.3 is 5.97 Å². The molecule has 0 spiro atoms. The average Bonchev–Trinajstić information content (AvgIpc) is 2.17. The first-order valence-corrected chi connectivity index (χ1v) is 3.63. The Kier molecular flexibility index (Phi) is 3.66. The van der Waals surface area contributed by atoms with E-state index in [1.807, 2.05) is 0 Å². The predicted molar refractivity (Wildman–Crippen MR) is 45.3 cm³/mol. The van der Waals surface area contributed by atoms with Gasteiger partial charge in [-0.15, -0.1) is 12.1 Å². The molecule has 0 unspecified atom stereocenters. The van der Waals surface area contributed by atoms with Crippen LogP contribution in [0.2, 0.25) is 0 Å². The number of carbonyl (C=O) groups is 1. The average molecular weight is 262 g/mol. The quantitative estimate of drug-likeness (QED) is 0.782. The molecule has 1 aromatic heterocycles. The first kappa shape index (κ1) is 11.2. The van der Waals surface area contributed by atoms with Crippen LogP contribution in [0.3, 0.4) is 0 Å². The van der Waals surface area contributed by atoms with Crippen LogP contribution >= 0.6 is 0 Å². The molecule has 0 bridgehead atoms. The maximum Gasteiger partial charge on any atom is 0.354 e. The van der Waals surface area contributed by atoms with Crippen molar-refractivity contribution in [3.8, 4) is 0 Å². The van der Waals surface area contributed by atoms with Crippen molar-refractivity contribution >= 4 is 17.0 Å². The summed E-state index contributed by atoms with van der Waals surface area (Å²) in [6, 6.07) is 7.85. The van der Waals surface area contributed by atoms with E-state index < -0.39 is 5.97 Å². The zero-order valence-corrected chi connectivity index (χ0v) is 9.97. The molecule has 4 nitrogen and oxygen atoms in total. The number of aromatic carboxylic acids is 1. The largest absolute Gasteiger partial charge is 0.477 e. The monoisotopic (exact) mass is 262 g/mol. The Morgan fingerprint density at radius 1 is 1.43 bits per heavy atom. The molecule has 5 heteroatoms. The summed E-state index contributed by atoms with van der Waals surface area (Å²) in [5.41, 5.74) is 1.17. The van der Waals surface area contributed by atoms with Crippen LogP contribution in [0.4, 0.5) is 0 Å². The number of rotatable bonds is 1. The molecule has 2 rings (SSSR count). The van der Waals surface area contributed by atoms with Gasteiger partial charge in [-0.05, 0) is 11.0 Å². The minimum atomic E-state index is -1.07. The van der Waals surface area contributed by atoms with Gasteiger partial charge in [-0.1, -0.05) is 0 Å². The summed E-state index contributed by atoms with van der Waals surface area (Å²) in [6.07, 6.45) is 1.24. The molecule has 14 heavy (non-hydrogen) atoms.